The SMILES string of the molecule is CCN(C)C(=O)c1sc2cc(OC)ccc2c1N. The molecule has 2 aromatic rings. The zero-order chi connectivity index (χ0) is 13.3. The van der Waals surface area contributed by atoms with E-state index in [1.54, 1.807) is 19.1 Å². The number of hydrogen-bond donors (Lipinski definition) is 1. The minimum absolute atomic E-state index is 0.0323. The first-order chi connectivity index (χ1) is 8.58. The number of hydrogen-bond acceptors (Lipinski definition) is 4. The molecule has 0 fully saturated rings. The number of carbonyl (C=O) groups is 1. The molecule has 0 aliphatic heterocycles. The van der Waals surface area contributed by atoms with Gasteiger partial charge in [-0.05, 0) is 25.1 Å². The van der Waals surface area contributed by atoms with E-state index >= 15 is 0 Å². The number of methoxy groups -OCH3 is 1. The highest BCUT2D eigenvalue weighted by Crippen LogP contribution is 2.36. The first-order valence-corrected chi connectivity index (χ1v) is 6.51. The second kappa shape index (κ2) is 4.86. The van der Waals surface area contributed by atoms with Crippen molar-refractivity contribution in [3.8, 4) is 5.75 Å². The van der Waals surface area contributed by atoms with Crippen LogP contribution in [-0.4, -0.2) is 31.5 Å². The Morgan fingerprint density at radius 3 is 2.83 bits per heavy atom. The number of benzene rings is 1. The molecule has 5 heteroatoms. The largest absolute Gasteiger partial charge is 0.497 e. The number of fused-ring (bicyclic) bond motifs is 1. The Bertz CT molecular complexity index is 592. The Hall–Kier alpha value is -1.75. The highest BCUT2D eigenvalue weighted by atomic mass is 32.1. The maximum Gasteiger partial charge on any atom is 0.265 e. The lowest BCUT2D eigenvalue weighted by molar-refractivity contribution is 0.0808. The molecule has 96 valence electrons. The van der Waals surface area contributed by atoms with Crippen LogP contribution in [0, 0.1) is 0 Å². The Kier molecular flexibility index (Phi) is 3.43. The number of nitrogen functional groups attached to an aromatic ring is 1. The van der Waals surface area contributed by atoms with E-state index in [2.05, 4.69) is 0 Å². The van der Waals surface area contributed by atoms with Gasteiger partial charge in [0.05, 0.1) is 12.8 Å². The van der Waals surface area contributed by atoms with Crippen molar-refractivity contribution in [3.05, 3.63) is 23.1 Å². The van der Waals surface area contributed by atoms with Gasteiger partial charge in [-0.3, -0.25) is 4.79 Å². The fourth-order valence-corrected chi connectivity index (χ4v) is 2.85. The molecule has 0 saturated heterocycles. The molecule has 0 aliphatic carbocycles. The third-order valence-corrected chi connectivity index (χ3v) is 4.11. The van der Waals surface area contributed by atoms with E-state index in [0.717, 1.165) is 15.8 Å². The Morgan fingerprint density at radius 1 is 1.50 bits per heavy atom. The number of carbonyl (C=O) groups excluding carboxylic acids is 1. The zero-order valence-electron chi connectivity index (χ0n) is 10.7. The summed E-state index contributed by atoms with van der Waals surface area (Å²) in [5.74, 6) is 0.738. The maximum atomic E-state index is 12.1. The van der Waals surface area contributed by atoms with Crippen LogP contribution in [0.4, 0.5) is 5.69 Å². The summed E-state index contributed by atoms with van der Waals surface area (Å²) in [4.78, 5) is 14.4. The van der Waals surface area contributed by atoms with Crippen molar-refractivity contribution in [1.29, 1.82) is 0 Å². The van der Waals surface area contributed by atoms with Crippen LogP contribution < -0.4 is 10.5 Å². The van der Waals surface area contributed by atoms with Gasteiger partial charge in [-0.1, -0.05) is 0 Å². The molecule has 0 atom stereocenters. The molecule has 0 radical (unpaired) electrons. The standard InChI is InChI=1S/C13H16N2O2S/c1-4-15(2)13(16)12-11(14)9-6-5-8(17-3)7-10(9)18-12/h5-7H,4,14H2,1-3H3. The summed E-state index contributed by atoms with van der Waals surface area (Å²) in [5.41, 5.74) is 6.60. The summed E-state index contributed by atoms with van der Waals surface area (Å²) >= 11 is 1.41. The molecule has 2 N–H and O–H groups in total. The number of nitrogens with two attached hydrogens (primary N) is 1. The first-order valence-electron chi connectivity index (χ1n) is 5.70. The Labute approximate surface area is 110 Å². The van der Waals surface area contributed by atoms with E-state index in [0.29, 0.717) is 17.1 Å². The number of thiophene rings is 1. The van der Waals surface area contributed by atoms with Crippen molar-refractivity contribution >= 4 is 33.0 Å². The van der Waals surface area contributed by atoms with Gasteiger partial charge in [0.1, 0.15) is 10.6 Å². The molecule has 0 spiro atoms. The molecular weight excluding hydrogens is 248 g/mol. The molecule has 0 bridgehead atoms. The minimum atomic E-state index is -0.0323. The van der Waals surface area contributed by atoms with Gasteiger partial charge in [-0.25, -0.2) is 0 Å². The van der Waals surface area contributed by atoms with Crippen molar-refractivity contribution in [2.24, 2.45) is 0 Å². The van der Waals surface area contributed by atoms with Crippen LogP contribution in [0.25, 0.3) is 10.1 Å². The summed E-state index contributed by atoms with van der Waals surface area (Å²) in [6, 6.07) is 5.64. The zero-order valence-corrected chi connectivity index (χ0v) is 11.5. The van der Waals surface area contributed by atoms with Crippen molar-refractivity contribution in [2.45, 2.75) is 6.92 Å². The van der Waals surface area contributed by atoms with Crippen LogP contribution in [0.15, 0.2) is 18.2 Å². The van der Waals surface area contributed by atoms with Crippen LogP contribution in [-0.2, 0) is 0 Å². The quantitative estimate of drug-likeness (QED) is 0.927. The Morgan fingerprint density at radius 2 is 2.22 bits per heavy atom. The molecule has 1 heterocycles. The fourth-order valence-electron chi connectivity index (χ4n) is 1.70. The fraction of sp³-hybridized carbons (Fsp3) is 0.308. The maximum absolute atomic E-state index is 12.1. The predicted molar refractivity (Wildman–Crippen MR) is 75.4 cm³/mol. The van der Waals surface area contributed by atoms with Crippen LogP contribution in [0.2, 0.25) is 0 Å². The molecule has 1 aromatic carbocycles. The van der Waals surface area contributed by atoms with E-state index in [-0.39, 0.29) is 5.91 Å². The third kappa shape index (κ3) is 2.01. The second-order valence-corrected chi connectivity index (χ2v) is 5.08. The number of nitrogens with zero attached hydrogens (tertiary/aromatic N) is 1. The average molecular weight is 264 g/mol. The summed E-state index contributed by atoms with van der Waals surface area (Å²) in [6.45, 7) is 2.60. The molecule has 0 unspecified atom stereocenters. The molecule has 1 aromatic heterocycles. The van der Waals surface area contributed by atoms with Crippen molar-refractivity contribution in [1.82, 2.24) is 4.90 Å². The molecule has 0 saturated carbocycles. The lowest BCUT2D eigenvalue weighted by Crippen LogP contribution is -2.25. The summed E-state index contributed by atoms with van der Waals surface area (Å²) in [5, 5.41) is 0.911. The summed E-state index contributed by atoms with van der Waals surface area (Å²) < 4.78 is 6.14. The van der Waals surface area contributed by atoms with Crippen molar-refractivity contribution < 1.29 is 9.53 Å². The lowest BCUT2D eigenvalue weighted by Gasteiger charge is -2.13. The summed E-state index contributed by atoms with van der Waals surface area (Å²) in [7, 11) is 3.39. The van der Waals surface area contributed by atoms with E-state index in [9.17, 15) is 4.79 Å². The molecular formula is C13H16N2O2S. The highest BCUT2D eigenvalue weighted by molar-refractivity contribution is 7.21. The van der Waals surface area contributed by atoms with Crippen molar-refractivity contribution in [2.75, 3.05) is 26.4 Å². The number of amides is 1. The van der Waals surface area contributed by atoms with Gasteiger partial charge in [0.15, 0.2) is 0 Å². The topological polar surface area (TPSA) is 55.6 Å². The van der Waals surface area contributed by atoms with Crippen LogP contribution >= 0.6 is 11.3 Å². The van der Waals surface area contributed by atoms with Crippen LogP contribution in [0.5, 0.6) is 5.75 Å². The minimum Gasteiger partial charge on any atom is -0.497 e. The Balaban J connectivity index is 2.53. The monoisotopic (exact) mass is 264 g/mol. The number of ether oxygens (including phenoxy) is 1. The number of anilines is 1. The van der Waals surface area contributed by atoms with Crippen molar-refractivity contribution in [3.63, 3.8) is 0 Å². The molecule has 1 amide bonds. The number of rotatable bonds is 3. The van der Waals surface area contributed by atoms with Crippen LogP contribution in [0.3, 0.4) is 0 Å². The van der Waals surface area contributed by atoms with Gasteiger partial charge in [0.25, 0.3) is 5.91 Å². The van der Waals surface area contributed by atoms with Gasteiger partial charge in [0.2, 0.25) is 0 Å². The van der Waals surface area contributed by atoms with E-state index in [4.69, 9.17) is 10.5 Å². The summed E-state index contributed by atoms with van der Waals surface area (Å²) in [6.07, 6.45) is 0. The molecule has 18 heavy (non-hydrogen) atoms. The van der Waals surface area contributed by atoms with E-state index in [1.165, 1.54) is 11.3 Å². The van der Waals surface area contributed by atoms with Crippen LogP contribution in [0.1, 0.15) is 16.6 Å². The predicted octanol–water partition coefficient (Wildman–Crippen LogP) is 2.58. The third-order valence-electron chi connectivity index (χ3n) is 2.95. The molecule has 0 aliphatic rings. The second-order valence-electron chi connectivity index (χ2n) is 4.03. The normalized spacial score (nSPS) is 10.6. The lowest BCUT2D eigenvalue weighted by atomic mass is 10.2. The first kappa shape index (κ1) is 12.7. The highest BCUT2D eigenvalue weighted by Gasteiger charge is 2.19. The van der Waals surface area contributed by atoms with E-state index < -0.39 is 0 Å². The van der Waals surface area contributed by atoms with Gasteiger partial charge < -0.3 is 15.4 Å². The van der Waals surface area contributed by atoms with Gasteiger partial charge in [0, 0.05) is 23.7 Å². The van der Waals surface area contributed by atoms with Gasteiger partial charge >= 0.3 is 0 Å². The van der Waals surface area contributed by atoms with Gasteiger partial charge in [-0.15, -0.1) is 11.3 Å². The average Bonchev–Trinajstić information content (AvgIpc) is 2.73. The van der Waals surface area contributed by atoms with Gasteiger partial charge in [-0.2, -0.15) is 0 Å². The molecule has 4 nitrogen and oxygen atoms in total. The smallest absolute Gasteiger partial charge is 0.265 e. The molecule has 2 rings (SSSR count). The van der Waals surface area contributed by atoms with E-state index in [1.807, 2.05) is 25.1 Å².